The van der Waals surface area contributed by atoms with Gasteiger partial charge in [-0.1, -0.05) is 40.2 Å². The second-order valence-electron chi connectivity index (χ2n) is 4.87. The maximum Gasteiger partial charge on any atom is 0.338 e. The highest BCUT2D eigenvalue weighted by Gasteiger charge is 2.11. The fourth-order valence-corrected chi connectivity index (χ4v) is 3.90. The van der Waals surface area contributed by atoms with Crippen LogP contribution in [0, 0.1) is 0 Å². The van der Waals surface area contributed by atoms with Crippen molar-refractivity contribution in [3.05, 3.63) is 59.0 Å². The lowest BCUT2D eigenvalue weighted by atomic mass is 10.00. The number of thiophene rings is 1. The van der Waals surface area contributed by atoms with Gasteiger partial charge in [0.1, 0.15) is 0 Å². The molecule has 0 aliphatic rings. The number of rotatable bonds is 4. The van der Waals surface area contributed by atoms with Gasteiger partial charge in [0.25, 0.3) is 0 Å². The molecule has 0 N–H and O–H groups in total. The molecule has 0 saturated heterocycles. The third kappa shape index (κ3) is 2.94. The van der Waals surface area contributed by atoms with E-state index in [0.717, 1.165) is 16.5 Å². The summed E-state index contributed by atoms with van der Waals surface area (Å²) in [6.07, 6.45) is 0. The first-order chi connectivity index (χ1) is 10.7. The van der Waals surface area contributed by atoms with Crippen LogP contribution < -0.4 is 0 Å². The molecular formula is C18H15BrO2S. The Labute approximate surface area is 141 Å². The van der Waals surface area contributed by atoms with Crippen LogP contribution in [0.2, 0.25) is 0 Å². The zero-order valence-corrected chi connectivity index (χ0v) is 14.5. The number of carbonyl (C=O) groups is 1. The highest BCUT2D eigenvalue weighted by atomic mass is 79.9. The highest BCUT2D eigenvalue weighted by Crippen LogP contribution is 2.35. The Morgan fingerprint density at radius 2 is 2.00 bits per heavy atom. The van der Waals surface area contributed by atoms with Crippen molar-refractivity contribution in [1.82, 2.24) is 0 Å². The molecule has 112 valence electrons. The smallest absolute Gasteiger partial charge is 0.338 e. The summed E-state index contributed by atoms with van der Waals surface area (Å²) in [6.45, 7) is 2.20. The molecule has 3 rings (SSSR count). The zero-order valence-electron chi connectivity index (χ0n) is 12.1. The maximum atomic E-state index is 11.9. The summed E-state index contributed by atoms with van der Waals surface area (Å²) in [6, 6.07) is 16.1. The van der Waals surface area contributed by atoms with E-state index in [1.165, 1.54) is 15.0 Å². The molecule has 1 aromatic heterocycles. The minimum absolute atomic E-state index is 0.275. The molecular weight excluding hydrogens is 360 g/mol. The van der Waals surface area contributed by atoms with E-state index in [2.05, 4.69) is 40.2 Å². The molecule has 0 saturated carbocycles. The van der Waals surface area contributed by atoms with Crippen molar-refractivity contribution in [2.45, 2.75) is 12.3 Å². The number of esters is 1. The average molecular weight is 375 g/mol. The van der Waals surface area contributed by atoms with Crippen LogP contribution in [0.4, 0.5) is 0 Å². The van der Waals surface area contributed by atoms with Crippen LogP contribution in [0.5, 0.6) is 0 Å². The van der Waals surface area contributed by atoms with Crippen molar-refractivity contribution in [2.24, 2.45) is 0 Å². The van der Waals surface area contributed by atoms with Gasteiger partial charge in [0.05, 0.1) is 12.2 Å². The zero-order chi connectivity index (χ0) is 15.5. The van der Waals surface area contributed by atoms with Gasteiger partial charge < -0.3 is 4.74 Å². The average Bonchev–Trinajstić information content (AvgIpc) is 2.98. The SMILES string of the molecule is CCOC(=O)c1cccc(-c2cccc3sc(CBr)cc23)c1. The van der Waals surface area contributed by atoms with Crippen molar-refractivity contribution in [2.75, 3.05) is 6.61 Å². The normalized spacial score (nSPS) is 10.8. The minimum atomic E-state index is -0.275. The minimum Gasteiger partial charge on any atom is -0.462 e. The first-order valence-corrected chi connectivity index (χ1v) is 9.01. The molecule has 0 spiro atoms. The van der Waals surface area contributed by atoms with Crippen LogP contribution in [0.15, 0.2) is 48.5 Å². The van der Waals surface area contributed by atoms with Crippen LogP contribution in [0.25, 0.3) is 21.2 Å². The van der Waals surface area contributed by atoms with E-state index in [9.17, 15) is 4.79 Å². The quantitative estimate of drug-likeness (QED) is 0.436. The van der Waals surface area contributed by atoms with Gasteiger partial charge in [-0.05, 0) is 42.3 Å². The van der Waals surface area contributed by atoms with Gasteiger partial charge in [-0.2, -0.15) is 0 Å². The second kappa shape index (κ2) is 6.63. The van der Waals surface area contributed by atoms with Crippen LogP contribution in [0.3, 0.4) is 0 Å². The number of benzene rings is 2. The molecule has 4 heteroatoms. The summed E-state index contributed by atoms with van der Waals surface area (Å²) in [5, 5.41) is 2.08. The number of carbonyl (C=O) groups excluding carboxylic acids is 1. The summed E-state index contributed by atoms with van der Waals surface area (Å²) in [5.74, 6) is -0.275. The Balaban J connectivity index is 2.09. The number of hydrogen-bond acceptors (Lipinski definition) is 3. The topological polar surface area (TPSA) is 26.3 Å². The van der Waals surface area contributed by atoms with Crippen molar-refractivity contribution in [3.8, 4) is 11.1 Å². The molecule has 0 aliphatic heterocycles. The summed E-state index contributed by atoms with van der Waals surface area (Å²) >= 11 is 5.30. The Bertz CT molecular complexity index is 823. The first-order valence-electron chi connectivity index (χ1n) is 7.08. The molecule has 0 aliphatic carbocycles. The van der Waals surface area contributed by atoms with Gasteiger partial charge in [0.2, 0.25) is 0 Å². The second-order valence-corrected chi connectivity index (χ2v) is 6.59. The van der Waals surface area contributed by atoms with Gasteiger partial charge in [-0.15, -0.1) is 11.3 Å². The van der Waals surface area contributed by atoms with E-state index in [-0.39, 0.29) is 5.97 Å². The Kier molecular flexibility index (Phi) is 4.60. The van der Waals surface area contributed by atoms with Gasteiger partial charge >= 0.3 is 5.97 Å². The third-order valence-corrected chi connectivity index (χ3v) is 5.50. The standard InChI is InChI=1S/C18H15BrO2S/c1-2-21-18(20)13-6-3-5-12(9-13)15-7-4-8-17-16(15)10-14(11-19)22-17/h3-10H,2,11H2,1H3. The van der Waals surface area contributed by atoms with Crippen LogP contribution >= 0.6 is 27.3 Å². The molecule has 0 bridgehead atoms. The predicted octanol–water partition coefficient (Wildman–Crippen LogP) is 5.64. The predicted molar refractivity (Wildman–Crippen MR) is 95.8 cm³/mol. The molecule has 1 heterocycles. The Hall–Kier alpha value is -1.65. The van der Waals surface area contributed by atoms with Crippen molar-refractivity contribution < 1.29 is 9.53 Å². The molecule has 2 aromatic carbocycles. The van der Waals surface area contributed by atoms with Gasteiger partial charge in [0, 0.05) is 20.3 Å². The summed E-state index contributed by atoms with van der Waals surface area (Å²) in [4.78, 5) is 13.2. The number of alkyl halides is 1. The number of ether oxygens (including phenoxy) is 1. The first kappa shape index (κ1) is 15.3. The maximum absolute atomic E-state index is 11.9. The third-order valence-electron chi connectivity index (χ3n) is 3.43. The van der Waals surface area contributed by atoms with E-state index >= 15 is 0 Å². The van der Waals surface area contributed by atoms with Gasteiger partial charge in [-0.3, -0.25) is 0 Å². The number of hydrogen-bond donors (Lipinski definition) is 0. The van der Waals surface area contributed by atoms with E-state index in [4.69, 9.17) is 4.74 Å². The van der Waals surface area contributed by atoms with Gasteiger partial charge in [0.15, 0.2) is 0 Å². The molecule has 2 nitrogen and oxygen atoms in total. The molecule has 0 unspecified atom stereocenters. The molecule has 3 aromatic rings. The van der Waals surface area contributed by atoms with Crippen molar-refractivity contribution >= 4 is 43.3 Å². The van der Waals surface area contributed by atoms with Crippen LogP contribution in [-0.2, 0) is 10.1 Å². The monoisotopic (exact) mass is 374 g/mol. The highest BCUT2D eigenvalue weighted by molar-refractivity contribution is 9.08. The van der Waals surface area contributed by atoms with Crippen molar-refractivity contribution in [3.63, 3.8) is 0 Å². The summed E-state index contributed by atoms with van der Waals surface area (Å²) in [7, 11) is 0. The lowest BCUT2D eigenvalue weighted by Gasteiger charge is -2.06. The largest absolute Gasteiger partial charge is 0.462 e. The van der Waals surface area contributed by atoms with E-state index in [1.807, 2.05) is 25.1 Å². The lowest BCUT2D eigenvalue weighted by molar-refractivity contribution is 0.0526. The molecule has 22 heavy (non-hydrogen) atoms. The lowest BCUT2D eigenvalue weighted by Crippen LogP contribution is -2.04. The van der Waals surface area contributed by atoms with E-state index in [0.29, 0.717) is 12.2 Å². The molecule has 0 fully saturated rings. The Morgan fingerprint density at radius 1 is 1.18 bits per heavy atom. The number of halogens is 1. The van der Waals surface area contributed by atoms with Crippen LogP contribution in [-0.4, -0.2) is 12.6 Å². The fourth-order valence-electron chi connectivity index (χ4n) is 2.46. The van der Waals surface area contributed by atoms with E-state index in [1.54, 1.807) is 17.4 Å². The molecule has 0 atom stereocenters. The summed E-state index contributed by atoms with van der Waals surface area (Å²) in [5.41, 5.74) is 2.77. The fraction of sp³-hybridized carbons (Fsp3) is 0.167. The molecule has 0 radical (unpaired) electrons. The number of fused-ring (bicyclic) bond motifs is 1. The van der Waals surface area contributed by atoms with Gasteiger partial charge in [-0.25, -0.2) is 4.79 Å². The Morgan fingerprint density at radius 3 is 2.77 bits per heavy atom. The molecule has 0 amide bonds. The van der Waals surface area contributed by atoms with E-state index < -0.39 is 0 Å². The summed E-state index contributed by atoms with van der Waals surface area (Å²) < 4.78 is 6.34. The van der Waals surface area contributed by atoms with Crippen molar-refractivity contribution in [1.29, 1.82) is 0 Å². The van der Waals surface area contributed by atoms with Crippen LogP contribution in [0.1, 0.15) is 22.2 Å².